The van der Waals surface area contributed by atoms with Crippen molar-refractivity contribution in [3.63, 3.8) is 0 Å². The molecule has 3 aromatic rings. The average molecular weight is 556 g/mol. The molecule has 39 heavy (non-hydrogen) atoms. The summed E-state index contributed by atoms with van der Waals surface area (Å²) >= 11 is 1.44. The van der Waals surface area contributed by atoms with E-state index in [1.807, 2.05) is 11.9 Å². The SMILES string of the molecule is Cc1ocnc1C(=O)N(C)CC(=O)N1CCN(c2ccc(F)cc2C(=O)Nc2nc3c(s2)CN(C)CC3)CC1. The van der Waals surface area contributed by atoms with Crippen molar-refractivity contribution in [2.24, 2.45) is 0 Å². The Bertz CT molecular complexity index is 1400. The molecule has 0 saturated carbocycles. The topological polar surface area (TPSA) is 115 Å². The minimum absolute atomic E-state index is 0.0943. The number of nitrogens with one attached hydrogen (secondary N) is 1. The molecule has 1 fully saturated rings. The van der Waals surface area contributed by atoms with Crippen molar-refractivity contribution in [1.82, 2.24) is 24.7 Å². The zero-order valence-electron chi connectivity index (χ0n) is 22.1. The van der Waals surface area contributed by atoms with Crippen molar-refractivity contribution in [2.75, 3.05) is 63.6 Å². The number of aromatic nitrogens is 2. The monoisotopic (exact) mass is 555 g/mol. The number of anilines is 2. The third-order valence-corrected chi connectivity index (χ3v) is 7.98. The fraction of sp³-hybridized carbons (Fsp3) is 0.423. The number of halogens is 1. The fourth-order valence-corrected chi connectivity index (χ4v) is 5.85. The number of aryl methyl sites for hydroxylation is 1. The summed E-state index contributed by atoms with van der Waals surface area (Å²) in [5.74, 6) is -1.11. The van der Waals surface area contributed by atoms with E-state index in [0.717, 1.165) is 30.1 Å². The van der Waals surface area contributed by atoms with Crippen LogP contribution in [0.25, 0.3) is 0 Å². The van der Waals surface area contributed by atoms with E-state index in [-0.39, 0.29) is 29.6 Å². The summed E-state index contributed by atoms with van der Waals surface area (Å²) in [7, 11) is 3.59. The van der Waals surface area contributed by atoms with E-state index in [1.165, 1.54) is 34.8 Å². The summed E-state index contributed by atoms with van der Waals surface area (Å²) in [6, 6.07) is 4.15. The number of oxazole rings is 1. The van der Waals surface area contributed by atoms with Gasteiger partial charge in [-0.05, 0) is 32.2 Å². The van der Waals surface area contributed by atoms with Crippen LogP contribution in [-0.4, -0.2) is 95.8 Å². The molecular formula is C26H30FN7O4S. The first-order valence-corrected chi connectivity index (χ1v) is 13.5. The number of hydrogen-bond acceptors (Lipinski definition) is 9. The van der Waals surface area contributed by atoms with Gasteiger partial charge in [-0.1, -0.05) is 0 Å². The molecule has 2 aliphatic heterocycles. The van der Waals surface area contributed by atoms with Gasteiger partial charge < -0.3 is 24.0 Å². The minimum Gasteiger partial charge on any atom is -0.448 e. The smallest absolute Gasteiger partial charge is 0.276 e. The number of piperazine rings is 1. The molecule has 0 bridgehead atoms. The van der Waals surface area contributed by atoms with Crippen LogP contribution in [0.1, 0.15) is 37.2 Å². The van der Waals surface area contributed by atoms with Crippen molar-refractivity contribution in [3.05, 3.63) is 58.0 Å². The number of amides is 3. The maximum absolute atomic E-state index is 14.2. The predicted octanol–water partition coefficient (Wildman–Crippen LogP) is 2.24. The van der Waals surface area contributed by atoms with E-state index in [0.29, 0.717) is 42.8 Å². The molecule has 0 radical (unpaired) electrons. The first-order valence-electron chi connectivity index (χ1n) is 12.7. The molecule has 0 aliphatic carbocycles. The number of hydrogen-bond donors (Lipinski definition) is 1. The van der Waals surface area contributed by atoms with Crippen LogP contribution in [0.2, 0.25) is 0 Å². The third kappa shape index (κ3) is 5.78. The Kier molecular flexibility index (Phi) is 7.62. The van der Waals surface area contributed by atoms with Gasteiger partial charge in [0.05, 0.1) is 17.8 Å². The second-order valence-corrected chi connectivity index (χ2v) is 10.9. The number of carbonyl (C=O) groups is 3. The van der Waals surface area contributed by atoms with Gasteiger partial charge in [-0.25, -0.2) is 14.4 Å². The lowest BCUT2D eigenvalue weighted by atomic mass is 10.1. The quantitative estimate of drug-likeness (QED) is 0.493. The van der Waals surface area contributed by atoms with Crippen molar-refractivity contribution in [1.29, 1.82) is 0 Å². The highest BCUT2D eigenvalue weighted by Gasteiger charge is 2.28. The van der Waals surface area contributed by atoms with Gasteiger partial charge in [0.25, 0.3) is 11.8 Å². The maximum Gasteiger partial charge on any atom is 0.276 e. The zero-order chi connectivity index (χ0) is 27.7. The number of thiazole rings is 1. The number of likely N-dealkylation sites (N-methyl/N-ethyl adjacent to an activating group) is 2. The van der Waals surface area contributed by atoms with E-state index < -0.39 is 11.7 Å². The van der Waals surface area contributed by atoms with Crippen LogP contribution in [0.15, 0.2) is 29.0 Å². The molecule has 5 rings (SSSR count). The van der Waals surface area contributed by atoms with Crippen LogP contribution in [0.3, 0.4) is 0 Å². The van der Waals surface area contributed by atoms with Crippen LogP contribution in [-0.2, 0) is 17.8 Å². The highest BCUT2D eigenvalue weighted by Crippen LogP contribution is 2.29. The third-order valence-electron chi connectivity index (χ3n) is 6.99. The molecule has 0 atom stereocenters. The van der Waals surface area contributed by atoms with Gasteiger partial charge in [-0.15, -0.1) is 11.3 Å². The second-order valence-electron chi connectivity index (χ2n) is 9.78. The Morgan fingerprint density at radius 3 is 2.67 bits per heavy atom. The van der Waals surface area contributed by atoms with E-state index in [2.05, 4.69) is 20.2 Å². The van der Waals surface area contributed by atoms with Gasteiger partial charge in [0.15, 0.2) is 17.2 Å². The highest BCUT2D eigenvalue weighted by molar-refractivity contribution is 7.15. The van der Waals surface area contributed by atoms with Crippen molar-refractivity contribution >= 4 is 39.9 Å². The number of fused-ring (bicyclic) bond motifs is 1. The first kappa shape index (κ1) is 26.8. The van der Waals surface area contributed by atoms with Crippen LogP contribution >= 0.6 is 11.3 Å². The summed E-state index contributed by atoms with van der Waals surface area (Å²) in [4.78, 5) is 55.5. The van der Waals surface area contributed by atoms with E-state index in [9.17, 15) is 18.8 Å². The van der Waals surface area contributed by atoms with Gasteiger partial charge in [0.2, 0.25) is 5.91 Å². The molecule has 1 aromatic carbocycles. The molecule has 13 heteroatoms. The predicted molar refractivity (Wildman–Crippen MR) is 143 cm³/mol. The number of nitrogens with zero attached hydrogens (tertiary/aromatic N) is 6. The van der Waals surface area contributed by atoms with E-state index in [4.69, 9.17) is 4.42 Å². The Morgan fingerprint density at radius 1 is 1.18 bits per heavy atom. The van der Waals surface area contributed by atoms with Crippen LogP contribution in [0.5, 0.6) is 0 Å². The molecule has 2 aliphatic rings. The summed E-state index contributed by atoms with van der Waals surface area (Å²) in [5, 5.41) is 3.36. The van der Waals surface area contributed by atoms with Crippen molar-refractivity contribution in [2.45, 2.75) is 19.9 Å². The molecule has 0 spiro atoms. The molecule has 0 unspecified atom stereocenters. The van der Waals surface area contributed by atoms with Gasteiger partial charge in [-0.3, -0.25) is 19.7 Å². The summed E-state index contributed by atoms with van der Waals surface area (Å²) in [5.41, 5.74) is 1.99. The molecular weight excluding hydrogens is 525 g/mol. The van der Waals surface area contributed by atoms with Crippen LogP contribution in [0.4, 0.5) is 15.2 Å². The van der Waals surface area contributed by atoms with Gasteiger partial charge in [0, 0.05) is 63.3 Å². The standard InChI is InChI=1S/C26H30FN7O4S/c1-16-23(28-15-38-16)25(37)32(3)14-22(35)34-10-8-33(9-11-34)20-5-4-17(27)12-18(20)24(36)30-26-29-19-6-7-31(2)13-21(19)39-26/h4-5,12,15H,6-11,13-14H2,1-3H3,(H,29,30,36). The second kappa shape index (κ2) is 11.1. The maximum atomic E-state index is 14.2. The Hall–Kier alpha value is -3.84. The average Bonchev–Trinajstić information content (AvgIpc) is 3.53. The van der Waals surface area contributed by atoms with Gasteiger partial charge in [-0.2, -0.15) is 0 Å². The molecule has 4 heterocycles. The Labute approximate surface area is 229 Å². The normalized spacial score (nSPS) is 15.7. The number of rotatable bonds is 6. The minimum atomic E-state index is -0.507. The molecule has 11 nitrogen and oxygen atoms in total. The summed E-state index contributed by atoms with van der Waals surface area (Å²) in [6.45, 7) is 4.96. The number of carbonyl (C=O) groups excluding carboxylic acids is 3. The van der Waals surface area contributed by atoms with Crippen molar-refractivity contribution in [3.8, 4) is 0 Å². The van der Waals surface area contributed by atoms with Crippen LogP contribution < -0.4 is 10.2 Å². The Balaban J connectivity index is 1.22. The number of benzene rings is 1. The van der Waals surface area contributed by atoms with Crippen LogP contribution in [0, 0.1) is 12.7 Å². The lowest BCUT2D eigenvalue weighted by molar-refractivity contribution is -0.132. The van der Waals surface area contributed by atoms with E-state index >= 15 is 0 Å². The molecule has 206 valence electrons. The van der Waals surface area contributed by atoms with Gasteiger partial charge >= 0.3 is 0 Å². The van der Waals surface area contributed by atoms with E-state index in [1.54, 1.807) is 24.9 Å². The fourth-order valence-electron chi connectivity index (χ4n) is 4.77. The van der Waals surface area contributed by atoms with Crippen molar-refractivity contribution < 1.29 is 23.2 Å². The first-order chi connectivity index (χ1) is 18.7. The molecule has 3 amide bonds. The Morgan fingerprint density at radius 2 is 1.95 bits per heavy atom. The lowest BCUT2D eigenvalue weighted by Gasteiger charge is -2.37. The zero-order valence-corrected chi connectivity index (χ0v) is 22.9. The molecule has 1 saturated heterocycles. The summed E-state index contributed by atoms with van der Waals surface area (Å²) < 4.78 is 19.3. The lowest BCUT2D eigenvalue weighted by Crippen LogP contribution is -2.51. The highest BCUT2D eigenvalue weighted by atomic mass is 32.1. The summed E-state index contributed by atoms with van der Waals surface area (Å²) in [6.07, 6.45) is 2.03. The van der Waals surface area contributed by atoms with Gasteiger partial charge in [0.1, 0.15) is 11.6 Å². The molecule has 1 N–H and O–H groups in total. The largest absolute Gasteiger partial charge is 0.448 e. The molecule has 2 aromatic heterocycles.